The van der Waals surface area contributed by atoms with Crippen LogP contribution in [-0.4, -0.2) is 22.7 Å². The third kappa shape index (κ3) is 4.24. The molecule has 1 N–H and O–H groups in total. The Labute approximate surface area is 163 Å². The first-order chi connectivity index (χ1) is 13.0. The maximum absolute atomic E-state index is 9.61. The van der Waals surface area contributed by atoms with Crippen LogP contribution in [0.25, 0.3) is 22.7 Å². The van der Waals surface area contributed by atoms with Crippen molar-refractivity contribution in [2.24, 2.45) is 0 Å². The minimum atomic E-state index is -0.0340. The highest BCUT2D eigenvalue weighted by molar-refractivity contribution is 6.32. The molecule has 3 rings (SSSR count). The molecule has 1 heterocycles. The van der Waals surface area contributed by atoms with E-state index < -0.39 is 0 Å². The van der Waals surface area contributed by atoms with Crippen LogP contribution in [0.4, 0.5) is 0 Å². The quantitative estimate of drug-likeness (QED) is 0.575. The van der Waals surface area contributed by atoms with Gasteiger partial charge in [0.2, 0.25) is 0 Å². The number of nitriles is 1. The first-order valence-corrected chi connectivity index (χ1v) is 9.09. The van der Waals surface area contributed by atoms with Crippen molar-refractivity contribution in [3.63, 3.8) is 0 Å². The second-order valence-corrected chi connectivity index (χ2v) is 6.61. The van der Waals surface area contributed by atoms with Crippen LogP contribution >= 0.6 is 11.6 Å². The SMILES string of the molecule is CCOc1cc(/C=C(/C#N)c2nc3ccccc3[nH]2)cc(Cl)c1OC(C)C. The van der Waals surface area contributed by atoms with Gasteiger partial charge in [-0.05, 0) is 56.7 Å². The lowest BCUT2D eigenvalue weighted by Gasteiger charge is -2.16. The molecule has 0 saturated carbocycles. The van der Waals surface area contributed by atoms with E-state index >= 15 is 0 Å². The number of H-pyrrole nitrogens is 1. The van der Waals surface area contributed by atoms with Crippen LogP contribution in [0.5, 0.6) is 11.5 Å². The average molecular weight is 382 g/mol. The maximum Gasteiger partial charge on any atom is 0.180 e. The largest absolute Gasteiger partial charge is 0.490 e. The van der Waals surface area contributed by atoms with Gasteiger partial charge in [0.1, 0.15) is 11.9 Å². The second kappa shape index (κ2) is 8.15. The standard InChI is InChI=1S/C21H20ClN3O2/c1-4-26-19-11-14(10-16(22)20(19)27-13(2)3)9-15(12-23)21-24-17-7-5-6-8-18(17)25-21/h5-11,13H,4H2,1-3H3,(H,24,25)/b15-9-. The van der Waals surface area contributed by atoms with Gasteiger partial charge in [0, 0.05) is 0 Å². The molecular formula is C21H20ClN3O2. The molecule has 0 radical (unpaired) electrons. The summed E-state index contributed by atoms with van der Waals surface area (Å²) >= 11 is 6.41. The number of allylic oxidation sites excluding steroid dienone is 1. The van der Waals surface area contributed by atoms with Gasteiger partial charge in [-0.1, -0.05) is 23.7 Å². The number of rotatable bonds is 6. The van der Waals surface area contributed by atoms with E-state index in [1.165, 1.54) is 0 Å². The lowest BCUT2D eigenvalue weighted by molar-refractivity contribution is 0.224. The normalized spacial score (nSPS) is 11.6. The lowest BCUT2D eigenvalue weighted by Crippen LogP contribution is -2.08. The molecule has 0 bridgehead atoms. The van der Waals surface area contributed by atoms with Gasteiger partial charge in [0.25, 0.3) is 0 Å². The molecule has 0 saturated heterocycles. The summed E-state index contributed by atoms with van der Waals surface area (Å²) in [5.74, 6) is 1.56. The maximum atomic E-state index is 9.61. The number of aromatic amines is 1. The molecule has 0 fully saturated rings. The fourth-order valence-electron chi connectivity index (χ4n) is 2.68. The summed E-state index contributed by atoms with van der Waals surface area (Å²) in [6.07, 6.45) is 1.69. The van der Waals surface area contributed by atoms with Crippen molar-refractivity contribution in [2.75, 3.05) is 6.61 Å². The topological polar surface area (TPSA) is 70.9 Å². The number of fused-ring (bicyclic) bond motifs is 1. The molecule has 0 spiro atoms. The van der Waals surface area contributed by atoms with E-state index in [0.29, 0.717) is 34.5 Å². The zero-order chi connectivity index (χ0) is 19.4. The van der Waals surface area contributed by atoms with Crippen molar-refractivity contribution in [2.45, 2.75) is 26.9 Å². The van der Waals surface area contributed by atoms with E-state index in [4.69, 9.17) is 21.1 Å². The summed E-state index contributed by atoms with van der Waals surface area (Å²) in [5, 5.41) is 10.0. The summed E-state index contributed by atoms with van der Waals surface area (Å²) in [7, 11) is 0. The highest BCUT2D eigenvalue weighted by Gasteiger charge is 2.15. The smallest absolute Gasteiger partial charge is 0.180 e. The van der Waals surface area contributed by atoms with Crippen LogP contribution in [-0.2, 0) is 0 Å². The van der Waals surface area contributed by atoms with E-state index in [1.807, 2.05) is 51.1 Å². The fraction of sp³-hybridized carbons (Fsp3) is 0.238. The van der Waals surface area contributed by atoms with Gasteiger partial charge in [0.15, 0.2) is 11.5 Å². The van der Waals surface area contributed by atoms with Crippen molar-refractivity contribution in [1.82, 2.24) is 9.97 Å². The summed E-state index contributed by atoms with van der Waals surface area (Å²) in [4.78, 5) is 7.65. The Balaban J connectivity index is 2.04. The van der Waals surface area contributed by atoms with Gasteiger partial charge in [-0.3, -0.25) is 0 Å². The Kier molecular flexibility index (Phi) is 5.68. The molecule has 0 aliphatic rings. The first kappa shape index (κ1) is 18.8. The number of para-hydroxylation sites is 2. The second-order valence-electron chi connectivity index (χ2n) is 6.20. The van der Waals surface area contributed by atoms with Crippen molar-refractivity contribution in [1.29, 1.82) is 5.26 Å². The molecule has 27 heavy (non-hydrogen) atoms. The number of hydrogen-bond donors (Lipinski definition) is 1. The number of halogens is 1. The number of nitrogens with zero attached hydrogens (tertiary/aromatic N) is 2. The van der Waals surface area contributed by atoms with Crippen LogP contribution in [0.2, 0.25) is 5.02 Å². The fourth-order valence-corrected chi connectivity index (χ4v) is 2.95. The summed E-state index contributed by atoms with van der Waals surface area (Å²) in [6.45, 7) is 6.22. The molecule has 0 atom stereocenters. The number of benzene rings is 2. The van der Waals surface area contributed by atoms with Gasteiger partial charge in [-0.15, -0.1) is 0 Å². The average Bonchev–Trinajstić information content (AvgIpc) is 3.06. The molecule has 3 aromatic rings. The monoisotopic (exact) mass is 381 g/mol. The molecule has 138 valence electrons. The number of aromatic nitrogens is 2. The van der Waals surface area contributed by atoms with Crippen LogP contribution in [0.1, 0.15) is 32.2 Å². The molecule has 1 aromatic heterocycles. The zero-order valence-electron chi connectivity index (χ0n) is 15.4. The highest BCUT2D eigenvalue weighted by Crippen LogP contribution is 2.38. The van der Waals surface area contributed by atoms with Gasteiger partial charge in [-0.25, -0.2) is 4.98 Å². The van der Waals surface area contributed by atoms with E-state index in [0.717, 1.165) is 16.6 Å². The van der Waals surface area contributed by atoms with Gasteiger partial charge >= 0.3 is 0 Å². The van der Waals surface area contributed by atoms with E-state index in [9.17, 15) is 5.26 Å². The van der Waals surface area contributed by atoms with Crippen molar-refractivity contribution >= 4 is 34.3 Å². The molecular weight excluding hydrogens is 362 g/mol. The summed E-state index contributed by atoms with van der Waals surface area (Å²) in [6, 6.07) is 13.4. The Morgan fingerprint density at radius 2 is 2.11 bits per heavy atom. The summed E-state index contributed by atoms with van der Waals surface area (Å²) in [5.41, 5.74) is 2.82. The van der Waals surface area contributed by atoms with Crippen LogP contribution < -0.4 is 9.47 Å². The van der Waals surface area contributed by atoms with Crippen LogP contribution in [0, 0.1) is 11.3 Å². The molecule has 0 amide bonds. The number of ether oxygens (including phenoxy) is 2. The predicted octanol–water partition coefficient (Wildman–Crippen LogP) is 5.47. The number of hydrogen-bond acceptors (Lipinski definition) is 4. The van der Waals surface area contributed by atoms with Crippen molar-refractivity contribution in [3.05, 3.63) is 52.8 Å². The number of nitrogens with one attached hydrogen (secondary N) is 1. The predicted molar refractivity (Wildman–Crippen MR) is 108 cm³/mol. The Morgan fingerprint density at radius 1 is 1.33 bits per heavy atom. The molecule has 0 aliphatic carbocycles. The Hall–Kier alpha value is -2.97. The third-order valence-electron chi connectivity index (χ3n) is 3.76. The minimum absolute atomic E-state index is 0.0340. The number of imidazole rings is 1. The molecule has 2 aromatic carbocycles. The van der Waals surface area contributed by atoms with Crippen molar-refractivity contribution < 1.29 is 9.47 Å². The zero-order valence-corrected chi connectivity index (χ0v) is 16.2. The van der Waals surface area contributed by atoms with Crippen molar-refractivity contribution in [3.8, 4) is 17.6 Å². The van der Waals surface area contributed by atoms with Crippen LogP contribution in [0.15, 0.2) is 36.4 Å². The van der Waals surface area contributed by atoms with Gasteiger partial charge < -0.3 is 14.5 Å². The molecule has 0 unspecified atom stereocenters. The van der Waals surface area contributed by atoms with Gasteiger partial charge in [0.05, 0.1) is 34.3 Å². The lowest BCUT2D eigenvalue weighted by atomic mass is 10.1. The highest BCUT2D eigenvalue weighted by atomic mass is 35.5. The van der Waals surface area contributed by atoms with E-state index in [-0.39, 0.29) is 6.10 Å². The van der Waals surface area contributed by atoms with Crippen LogP contribution in [0.3, 0.4) is 0 Å². The molecule has 5 nitrogen and oxygen atoms in total. The minimum Gasteiger partial charge on any atom is -0.490 e. The Bertz CT molecular complexity index is 999. The van der Waals surface area contributed by atoms with E-state index in [1.54, 1.807) is 12.1 Å². The van der Waals surface area contributed by atoms with E-state index in [2.05, 4.69) is 16.0 Å². The Morgan fingerprint density at radius 3 is 2.78 bits per heavy atom. The third-order valence-corrected chi connectivity index (χ3v) is 4.04. The summed E-state index contributed by atoms with van der Waals surface area (Å²) < 4.78 is 11.5. The first-order valence-electron chi connectivity index (χ1n) is 8.71. The van der Waals surface area contributed by atoms with Gasteiger partial charge in [-0.2, -0.15) is 5.26 Å². The molecule has 0 aliphatic heterocycles. The molecule has 6 heteroatoms.